The number of halogens is 3. The highest BCUT2D eigenvalue weighted by atomic mass is 35.5. The van der Waals surface area contributed by atoms with Crippen LogP contribution < -0.4 is 16.9 Å². The maximum Gasteiger partial charge on any atom is 0.258 e. The van der Waals surface area contributed by atoms with Crippen LogP contribution >= 0.6 is 23.2 Å². The third-order valence-electron chi connectivity index (χ3n) is 4.24. The Morgan fingerprint density at radius 3 is 2.77 bits per heavy atom. The van der Waals surface area contributed by atoms with Gasteiger partial charge in [0.2, 0.25) is 5.96 Å². The molecule has 1 amide bonds. The maximum absolute atomic E-state index is 13.4. The van der Waals surface area contributed by atoms with Crippen LogP contribution in [0.25, 0.3) is 5.57 Å². The van der Waals surface area contributed by atoms with Crippen molar-refractivity contribution in [2.45, 2.75) is 6.42 Å². The number of rotatable bonds is 4. The standard InChI is InChI=1S/C18H19Cl2FN8O/c1-28(23)27-18(22)29-5-4-14(20)12(9-29)15-7-25-16(8-24-15)26-17(30)11-6-10(21)2-3-13(11)19/h2-3,6-8H,4-5,9,23H2,1H3,(H2,22,27)(H,25,26,30). The number of amides is 1. The number of hydrazone groups is 1. The summed E-state index contributed by atoms with van der Waals surface area (Å²) in [5.74, 6) is 4.77. The molecule has 2 aromatic rings. The zero-order valence-electron chi connectivity index (χ0n) is 15.9. The van der Waals surface area contributed by atoms with Crippen molar-refractivity contribution in [2.24, 2.45) is 16.7 Å². The number of carbonyl (C=O) groups is 1. The summed E-state index contributed by atoms with van der Waals surface area (Å²) in [6, 6.07) is 3.52. The summed E-state index contributed by atoms with van der Waals surface area (Å²) in [5.41, 5.74) is 7.22. The van der Waals surface area contributed by atoms with Crippen LogP contribution in [0, 0.1) is 5.82 Å². The van der Waals surface area contributed by atoms with E-state index in [2.05, 4.69) is 20.4 Å². The second-order valence-corrected chi connectivity index (χ2v) is 7.32. The zero-order chi connectivity index (χ0) is 21.8. The number of guanidine groups is 1. The normalized spacial score (nSPS) is 14.7. The lowest BCUT2D eigenvalue weighted by molar-refractivity contribution is 0.102. The molecule has 3 rings (SSSR count). The van der Waals surface area contributed by atoms with Crippen molar-refractivity contribution >= 4 is 46.5 Å². The largest absolute Gasteiger partial charge is 0.368 e. The monoisotopic (exact) mass is 452 g/mol. The highest BCUT2D eigenvalue weighted by molar-refractivity contribution is 6.34. The van der Waals surface area contributed by atoms with Crippen molar-refractivity contribution in [1.29, 1.82) is 0 Å². The summed E-state index contributed by atoms with van der Waals surface area (Å²) in [5, 5.41) is 8.41. The second-order valence-electron chi connectivity index (χ2n) is 6.45. The molecule has 0 aliphatic carbocycles. The second kappa shape index (κ2) is 9.24. The molecule has 0 saturated carbocycles. The number of aromatic nitrogens is 2. The minimum Gasteiger partial charge on any atom is -0.368 e. The maximum atomic E-state index is 13.4. The molecule has 0 saturated heterocycles. The Kier molecular flexibility index (Phi) is 6.70. The van der Waals surface area contributed by atoms with Gasteiger partial charge >= 0.3 is 0 Å². The Morgan fingerprint density at radius 1 is 1.33 bits per heavy atom. The van der Waals surface area contributed by atoms with E-state index in [1.807, 2.05) is 4.90 Å². The molecule has 1 aromatic carbocycles. The van der Waals surface area contributed by atoms with Gasteiger partial charge in [0.05, 0.1) is 28.7 Å². The number of nitrogens with two attached hydrogens (primary N) is 2. The molecule has 2 heterocycles. The van der Waals surface area contributed by atoms with Gasteiger partial charge in [-0.3, -0.25) is 9.78 Å². The fourth-order valence-corrected chi connectivity index (χ4v) is 3.23. The van der Waals surface area contributed by atoms with Crippen LogP contribution in [0.5, 0.6) is 0 Å². The zero-order valence-corrected chi connectivity index (χ0v) is 17.5. The highest BCUT2D eigenvalue weighted by Crippen LogP contribution is 2.28. The van der Waals surface area contributed by atoms with Gasteiger partial charge in [0.1, 0.15) is 5.82 Å². The number of nitrogens with zero attached hydrogens (tertiary/aromatic N) is 5. The van der Waals surface area contributed by atoms with Crippen LogP contribution in [0.3, 0.4) is 0 Å². The van der Waals surface area contributed by atoms with Gasteiger partial charge in [-0.15, -0.1) is 5.10 Å². The number of hydrogen-bond donors (Lipinski definition) is 3. The molecule has 1 aromatic heterocycles. The van der Waals surface area contributed by atoms with E-state index in [-0.39, 0.29) is 22.4 Å². The lowest BCUT2D eigenvalue weighted by atomic mass is 10.1. The Balaban J connectivity index is 1.75. The predicted molar refractivity (Wildman–Crippen MR) is 114 cm³/mol. The molecular weight excluding hydrogens is 434 g/mol. The minimum atomic E-state index is -0.600. The third-order valence-corrected chi connectivity index (χ3v) is 4.98. The number of nitrogens with one attached hydrogen (secondary N) is 1. The van der Waals surface area contributed by atoms with Gasteiger partial charge in [0.25, 0.3) is 5.91 Å². The average molecular weight is 453 g/mol. The Hall–Kier alpha value is -2.95. The number of hydrazine groups is 1. The van der Waals surface area contributed by atoms with Crippen molar-refractivity contribution in [3.8, 4) is 0 Å². The molecule has 0 fully saturated rings. The van der Waals surface area contributed by atoms with Gasteiger partial charge < -0.3 is 16.0 Å². The van der Waals surface area contributed by atoms with Crippen LogP contribution in [0.2, 0.25) is 5.02 Å². The van der Waals surface area contributed by atoms with Crippen LogP contribution in [0.1, 0.15) is 22.5 Å². The molecule has 0 spiro atoms. The van der Waals surface area contributed by atoms with E-state index in [9.17, 15) is 9.18 Å². The predicted octanol–water partition coefficient (Wildman–Crippen LogP) is 2.21. The summed E-state index contributed by atoms with van der Waals surface area (Å²) in [6.45, 7) is 0.961. The van der Waals surface area contributed by atoms with Crippen LogP contribution in [-0.2, 0) is 0 Å². The van der Waals surface area contributed by atoms with E-state index < -0.39 is 11.7 Å². The number of hydrogen-bond acceptors (Lipinski definition) is 6. The summed E-state index contributed by atoms with van der Waals surface area (Å²) >= 11 is 12.3. The molecule has 1 aliphatic rings. The molecule has 0 atom stereocenters. The smallest absolute Gasteiger partial charge is 0.258 e. The molecule has 1 aliphatic heterocycles. The van der Waals surface area contributed by atoms with Crippen LogP contribution in [0.15, 0.2) is 40.7 Å². The third kappa shape index (κ3) is 5.15. The molecule has 12 heteroatoms. The van der Waals surface area contributed by atoms with E-state index in [0.29, 0.717) is 30.2 Å². The van der Waals surface area contributed by atoms with E-state index in [1.165, 1.54) is 24.5 Å². The molecular formula is C18H19Cl2FN8O. The summed E-state index contributed by atoms with van der Waals surface area (Å²) in [4.78, 5) is 22.7. The molecule has 158 valence electrons. The first-order chi connectivity index (χ1) is 14.2. The SMILES string of the molecule is CN(N)/N=C(\N)N1CCC(Cl)=C(c2cnc(NC(=O)c3cc(F)ccc3Cl)cn2)C1. The summed E-state index contributed by atoms with van der Waals surface area (Å²) in [6.07, 6.45) is 3.41. The van der Waals surface area contributed by atoms with Crippen LogP contribution in [0.4, 0.5) is 10.2 Å². The number of anilines is 1. The molecule has 0 unspecified atom stereocenters. The Morgan fingerprint density at radius 2 is 2.10 bits per heavy atom. The first-order valence-electron chi connectivity index (χ1n) is 8.78. The van der Waals surface area contributed by atoms with E-state index in [0.717, 1.165) is 16.8 Å². The number of carbonyl (C=O) groups excluding carboxylic acids is 1. The van der Waals surface area contributed by atoms with Crippen molar-refractivity contribution in [2.75, 3.05) is 25.5 Å². The van der Waals surface area contributed by atoms with E-state index in [4.69, 9.17) is 34.8 Å². The van der Waals surface area contributed by atoms with Crippen LogP contribution in [-0.4, -0.2) is 52.0 Å². The first kappa shape index (κ1) is 21.8. The summed E-state index contributed by atoms with van der Waals surface area (Å²) < 4.78 is 13.4. The number of benzene rings is 1. The van der Waals surface area contributed by atoms with Crippen molar-refractivity contribution in [3.05, 3.63) is 57.7 Å². The van der Waals surface area contributed by atoms with E-state index >= 15 is 0 Å². The molecule has 0 radical (unpaired) electrons. The van der Waals surface area contributed by atoms with Crippen molar-refractivity contribution in [1.82, 2.24) is 20.0 Å². The van der Waals surface area contributed by atoms with Gasteiger partial charge in [0, 0.05) is 37.2 Å². The van der Waals surface area contributed by atoms with Crippen molar-refractivity contribution in [3.63, 3.8) is 0 Å². The Bertz CT molecular complexity index is 1010. The average Bonchev–Trinajstić information content (AvgIpc) is 2.70. The lowest BCUT2D eigenvalue weighted by Gasteiger charge is -2.29. The van der Waals surface area contributed by atoms with Gasteiger partial charge in [0.15, 0.2) is 5.82 Å². The van der Waals surface area contributed by atoms with E-state index in [1.54, 1.807) is 7.05 Å². The lowest BCUT2D eigenvalue weighted by Crippen LogP contribution is -2.43. The van der Waals surface area contributed by atoms with Crippen molar-refractivity contribution < 1.29 is 9.18 Å². The van der Waals surface area contributed by atoms with Gasteiger partial charge in [-0.25, -0.2) is 20.3 Å². The van der Waals surface area contributed by atoms with Gasteiger partial charge in [-0.1, -0.05) is 23.2 Å². The fourth-order valence-electron chi connectivity index (χ4n) is 2.78. The highest BCUT2D eigenvalue weighted by Gasteiger charge is 2.22. The topological polar surface area (TPSA) is 126 Å². The molecule has 9 nitrogen and oxygen atoms in total. The first-order valence-corrected chi connectivity index (χ1v) is 9.54. The molecule has 0 bridgehead atoms. The Labute approximate surface area is 182 Å². The minimum absolute atomic E-state index is 0.00384. The fraction of sp³-hybridized carbons (Fsp3) is 0.222. The molecule has 30 heavy (non-hydrogen) atoms. The quantitative estimate of drug-likeness (QED) is 0.281. The van der Waals surface area contributed by atoms with Gasteiger partial charge in [-0.05, 0) is 18.2 Å². The van der Waals surface area contributed by atoms with Gasteiger partial charge in [-0.2, -0.15) is 0 Å². The summed E-state index contributed by atoms with van der Waals surface area (Å²) in [7, 11) is 1.57. The molecule has 5 N–H and O–H groups in total.